The van der Waals surface area contributed by atoms with Crippen molar-refractivity contribution in [1.29, 1.82) is 0 Å². The Kier molecular flexibility index (Phi) is 2.21. The maximum Gasteiger partial charge on any atom is 0.220 e. The van der Waals surface area contributed by atoms with E-state index in [9.17, 15) is 0 Å². The number of methoxy groups -OCH3 is 1. The van der Waals surface area contributed by atoms with E-state index in [1.54, 1.807) is 7.11 Å². The minimum atomic E-state index is 0.319. The summed E-state index contributed by atoms with van der Waals surface area (Å²) in [5.41, 5.74) is 10.2. The number of nitrogen functional groups attached to an aromatic ring is 1. The van der Waals surface area contributed by atoms with Gasteiger partial charge in [-0.05, 0) is 36.1 Å². The highest BCUT2D eigenvalue weighted by Crippen LogP contribution is 2.34. The molecule has 0 aliphatic heterocycles. The summed E-state index contributed by atoms with van der Waals surface area (Å²) in [6, 6.07) is 6.09. The van der Waals surface area contributed by atoms with E-state index < -0.39 is 0 Å². The number of nitrogens with two attached hydrogens (primary N) is 1. The SMILES string of the molecule is COc1ccc2c(c1)-c1nc(N)ncc1CC2. The van der Waals surface area contributed by atoms with Crippen molar-refractivity contribution in [2.24, 2.45) is 0 Å². The van der Waals surface area contributed by atoms with Crippen LogP contribution in [0.3, 0.4) is 0 Å². The predicted molar refractivity (Wildman–Crippen MR) is 65.8 cm³/mol. The molecule has 1 aromatic carbocycles. The van der Waals surface area contributed by atoms with Gasteiger partial charge in [-0.25, -0.2) is 9.97 Å². The Morgan fingerprint density at radius 2 is 2.06 bits per heavy atom. The van der Waals surface area contributed by atoms with E-state index in [-0.39, 0.29) is 0 Å². The molecule has 0 radical (unpaired) electrons. The van der Waals surface area contributed by atoms with Crippen LogP contribution in [0.1, 0.15) is 11.1 Å². The van der Waals surface area contributed by atoms with E-state index >= 15 is 0 Å². The number of nitrogens with zero attached hydrogens (tertiary/aromatic N) is 2. The number of benzene rings is 1. The summed E-state index contributed by atoms with van der Waals surface area (Å²) >= 11 is 0. The monoisotopic (exact) mass is 227 g/mol. The van der Waals surface area contributed by atoms with Crippen molar-refractivity contribution in [2.75, 3.05) is 12.8 Å². The summed E-state index contributed by atoms with van der Waals surface area (Å²) in [6.07, 6.45) is 3.80. The lowest BCUT2D eigenvalue weighted by atomic mass is 9.90. The second kappa shape index (κ2) is 3.73. The average molecular weight is 227 g/mol. The largest absolute Gasteiger partial charge is 0.497 e. The molecule has 0 saturated carbocycles. The first-order valence-electron chi connectivity index (χ1n) is 5.56. The molecule has 4 heteroatoms. The molecule has 86 valence electrons. The molecule has 2 N–H and O–H groups in total. The van der Waals surface area contributed by atoms with E-state index in [4.69, 9.17) is 10.5 Å². The Bertz CT molecular complexity index is 581. The molecular weight excluding hydrogens is 214 g/mol. The maximum atomic E-state index is 5.66. The second-order valence-corrected chi connectivity index (χ2v) is 4.13. The number of ether oxygens (including phenoxy) is 1. The van der Waals surface area contributed by atoms with Crippen LogP contribution in [-0.4, -0.2) is 17.1 Å². The van der Waals surface area contributed by atoms with Gasteiger partial charge in [-0.2, -0.15) is 0 Å². The topological polar surface area (TPSA) is 61.0 Å². The number of rotatable bonds is 1. The standard InChI is InChI=1S/C13H13N3O/c1-17-10-5-4-8-2-3-9-7-15-13(14)16-12(9)11(8)6-10/h4-7H,2-3H2,1H3,(H2,14,15,16). The fourth-order valence-electron chi connectivity index (χ4n) is 2.23. The summed E-state index contributed by atoms with van der Waals surface area (Å²) in [6.45, 7) is 0. The highest BCUT2D eigenvalue weighted by atomic mass is 16.5. The summed E-state index contributed by atoms with van der Waals surface area (Å²) < 4.78 is 5.25. The molecule has 4 nitrogen and oxygen atoms in total. The normalized spacial score (nSPS) is 12.8. The zero-order valence-corrected chi connectivity index (χ0v) is 9.60. The molecule has 0 unspecified atom stereocenters. The zero-order valence-electron chi connectivity index (χ0n) is 9.60. The van der Waals surface area contributed by atoms with Crippen LogP contribution in [0.5, 0.6) is 5.75 Å². The first kappa shape index (κ1) is 10.1. The van der Waals surface area contributed by atoms with Gasteiger partial charge in [-0.3, -0.25) is 0 Å². The zero-order chi connectivity index (χ0) is 11.8. The first-order valence-corrected chi connectivity index (χ1v) is 5.56. The Morgan fingerprint density at radius 1 is 1.24 bits per heavy atom. The van der Waals surface area contributed by atoms with Crippen LogP contribution in [0.2, 0.25) is 0 Å². The summed E-state index contributed by atoms with van der Waals surface area (Å²) in [5.74, 6) is 1.16. The van der Waals surface area contributed by atoms with Crippen LogP contribution in [0.15, 0.2) is 24.4 Å². The molecule has 3 rings (SSSR count). The molecule has 1 aliphatic carbocycles. The molecule has 0 saturated heterocycles. The number of aryl methyl sites for hydroxylation is 2. The molecule has 0 spiro atoms. The van der Waals surface area contributed by atoms with Gasteiger partial charge in [0.1, 0.15) is 5.75 Å². The van der Waals surface area contributed by atoms with E-state index in [0.29, 0.717) is 5.95 Å². The van der Waals surface area contributed by atoms with Crippen molar-refractivity contribution in [2.45, 2.75) is 12.8 Å². The number of anilines is 1. The Morgan fingerprint density at radius 3 is 2.88 bits per heavy atom. The summed E-state index contributed by atoms with van der Waals surface area (Å²) in [7, 11) is 1.67. The van der Waals surface area contributed by atoms with Crippen molar-refractivity contribution in [3.8, 4) is 17.0 Å². The van der Waals surface area contributed by atoms with E-state index in [1.807, 2.05) is 18.3 Å². The lowest BCUT2D eigenvalue weighted by molar-refractivity contribution is 0.415. The van der Waals surface area contributed by atoms with Gasteiger partial charge >= 0.3 is 0 Å². The van der Waals surface area contributed by atoms with Gasteiger partial charge in [0.25, 0.3) is 0 Å². The Hall–Kier alpha value is -2.10. The highest BCUT2D eigenvalue weighted by molar-refractivity contribution is 5.71. The molecule has 0 amide bonds. The quantitative estimate of drug-likeness (QED) is 0.807. The molecule has 2 aromatic rings. The Balaban J connectivity index is 2.22. The van der Waals surface area contributed by atoms with Gasteiger partial charge in [0.15, 0.2) is 0 Å². The molecule has 0 fully saturated rings. The van der Waals surface area contributed by atoms with Crippen LogP contribution in [-0.2, 0) is 12.8 Å². The number of hydrogen-bond acceptors (Lipinski definition) is 4. The molecule has 1 aromatic heterocycles. The lowest BCUT2D eigenvalue weighted by Crippen LogP contribution is -2.08. The lowest BCUT2D eigenvalue weighted by Gasteiger charge is -2.19. The number of hydrogen-bond donors (Lipinski definition) is 1. The predicted octanol–water partition coefficient (Wildman–Crippen LogP) is 1.83. The fourth-order valence-corrected chi connectivity index (χ4v) is 2.23. The number of aromatic nitrogens is 2. The molecule has 0 atom stereocenters. The second-order valence-electron chi connectivity index (χ2n) is 4.13. The van der Waals surface area contributed by atoms with Crippen LogP contribution >= 0.6 is 0 Å². The van der Waals surface area contributed by atoms with Gasteiger partial charge in [0, 0.05) is 11.8 Å². The number of fused-ring (bicyclic) bond motifs is 3. The van der Waals surface area contributed by atoms with Gasteiger partial charge in [-0.1, -0.05) is 6.07 Å². The molecule has 1 aliphatic rings. The fraction of sp³-hybridized carbons (Fsp3) is 0.231. The van der Waals surface area contributed by atoms with Gasteiger partial charge in [-0.15, -0.1) is 0 Å². The first-order chi connectivity index (χ1) is 8.28. The van der Waals surface area contributed by atoms with Crippen molar-refractivity contribution in [3.05, 3.63) is 35.5 Å². The van der Waals surface area contributed by atoms with Crippen molar-refractivity contribution in [3.63, 3.8) is 0 Å². The molecular formula is C13H13N3O. The maximum absolute atomic E-state index is 5.66. The smallest absolute Gasteiger partial charge is 0.220 e. The average Bonchev–Trinajstić information content (AvgIpc) is 2.38. The van der Waals surface area contributed by atoms with Crippen molar-refractivity contribution in [1.82, 2.24) is 9.97 Å². The molecule has 1 heterocycles. The van der Waals surface area contributed by atoms with Crippen molar-refractivity contribution < 1.29 is 4.74 Å². The minimum Gasteiger partial charge on any atom is -0.497 e. The van der Waals surface area contributed by atoms with Crippen LogP contribution in [0.4, 0.5) is 5.95 Å². The molecule has 0 bridgehead atoms. The third kappa shape index (κ3) is 1.62. The van der Waals surface area contributed by atoms with Gasteiger partial charge < -0.3 is 10.5 Å². The van der Waals surface area contributed by atoms with E-state index in [2.05, 4.69) is 16.0 Å². The van der Waals surface area contributed by atoms with Gasteiger partial charge in [0.05, 0.1) is 12.8 Å². The Labute approximate surface area is 99.5 Å². The van der Waals surface area contributed by atoms with Gasteiger partial charge in [0.2, 0.25) is 5.95 Å². The van der Waals surface area contributed by atoms with Crippen LogP contribution in [0.25, 0.3) is 11.3 Å². The summed E-state index contributed by atoms with van der Waals surface area (Å²) in [4.78, 5) is 8.38. The third-order valence-electron chi connectivity index (χ3n) is 3.12. The van der Waals surface area contributed by atoms with Crippen LogP contribution in [0, 0.1) is 0 Å². The third-order valence-corrected chi connectivity index (χ3v) is 3.12. The van der Waals surface area contributed by atoms with E-state index in [0.717, 1.165) is 35.4 Å². The summed E-state index contributed by atoms with van der Waals surface area (Å²) in [5, 5.41) is 0. The van der Waals surface area contributed by atoms with E-state index in [1.165, 1.54) is 5.56 Å². The van der Waals surface area contributed by atoms with Crippen molar-refractivity contribution >= 4 is 5.95 Å². The highest BCUT2D eigenvalue weighted by Gasteiger charge is 2.18. The van der Waals surface area contributed by atoms with Crippen LogP contribution < -0.4 is 10.5 Å². The minimum absolute atomic E-state index is 0.319. The molecule has 17 heavy (non-hydrogen) atoms.